The standard InChI is InChI=1S/C21H19F6N3O3S/c1-11(21(25,26)27)29-34(31,32)14-5-6-16(28-10-14)18-8-12-7-15(22)19(33-20(23)24)9-17(12)30(18)13-3-2-4-13/h5-11,13,20,29H,2-4H2,1H3/t11-/m0/s1. The molecule has 2 aromatic heterocycles. The van der Waals surface area contributed by atoms with Crippen molar-refractivity contribution in [1.82, 2.24) is 14.3 Å². The molecule has 1 saturated carbocycles. The Kier molecular flexibility index (Phi) is 6.27. The molecule has 0 saturated heterocycles. The van der Waals surface area contributed by atoms with Crippen molar-refractivity contribution in [2.24, 2.45) is 0 Å². The second-order valence-electron chi connectivity index (χ2n) is 7.97. The number of hydrogen-bond acceptors (Lipinski definition) is 4. The van der Waals surface area contributed by atoms with Crippen LogP contribution in [0.3, 0.4) is 0 Å². The zero-order valence-electron chi connectivity index (χ0n) is 17.6. The van der Waals surface area contributed by atoms with Crippen LogP contribution < -0.4 is 9.46 Å². The van der Waals surface area contributed by atoms with E-state index in [9.17, 15) is 34.8 Å². The van der Waals surface area contributed by atoms with Crippen molar-refractivity contribution in [1.29, 1.82) is 0 Å². The van der Waals surface area contributed by atoms with E-state index in [1.807, 2.05) is 0 Å². The number of hydrogen-bond donors (Lipinski definition) is 1. The Bertz CT molecular complexity index is 1300. The highest BCUT2D eigenvalue weighted by Crippen LogP contribution is 2.41. The van der Waals surface area contributed by atoms with E-state index in [4.69, 9.17) is 0 Å². The topological polar surface area (TPSA) is 73.2 Å². The Morgan fingerprint density at radius 2 is 1.88 bits per heavy atom. The fourth-order valence-electron chi connectivity index (χ4n) is 3.71. The molecule has 2 heterocycles. The van der Waals surface area contributed by atoms with Crippen molar-refractivity contribution in [2.75, 3.05) is 0 Å². The van der Waals surface area contributed by atoms with Crippen molar-refractivity contribution < 1.29 is 39.5 Å². The maximum absolute atomic E-state index is 14.3. The van der Waals surface area contributed by atoms with Gasteiger partial charge in [0.1, 0.15) is 10.9 Å². The second-order valence-corrected chi connectivity index (χ2v) is 9.68. The zero-order valence-corrected chi connectivity index (χ0v) is 18.4. The summed E-state index contributed by atoms with van der Waals surface area (Å²) in [6, 6.07) is 3.96. The summed E-state index contributed by atoms with van der Waals surface area (Å²) in [5, 5.41) is 0.403. The van der Waals surface area contributed by atoms with Gasteiger partial charge in [0.15, 0.2) is 11.6 Å². The summed E-state index contributed by atoms with van der Waals surface area (Å²) in [7, 11) is -4.49. The van der Waals surface area contributed by atoms with Crippen LogP contribution in [0.2, 0.25) is 0 Å². The molecular weight excluding hydrogens is 488 g/mol. The van der Waals surface area contributed by atoms with Crippen LogP contribution in [-0.4, -0.2) is 36.8 Å². The van der Waals surface area contributed by atoms with E-state index in [0.29, 0.717) is 23.5 Å². The Morgan fingerprint density at radius 3 is 2.41 bits per heavy atom. The third kappa shape index (κ3) is 4.71. The van der Waals surface area contributed by atoms with Crippen LogP contribution in [0.1, 0.15) is 32.2 Å². The second kappa shape index (κ2) is 8.77. The maximum Gasteiger partial charge on any atom is 0.404 e. The van der Waals surface area contributed by atoms with Crippen molar-refractivity contribution in [2.45, 2.75) is 56.0 Å². The van der Waals surface area contributed by atoms with Gasteiger partial charge in [-0.1, -0.05) is 0 Å². The maximum atomic E-state index is 14.3. The Hall–Kier alpha value is -2.80. The molecule has 34 heavy (non-hydrogen) atoms. The van der Waals surface area contributed by atoms with E-state index in [-0.39, 0.29) is 11.7 Å². The first kappa shape index (κ1) is 24.3. The summed E-state index contributed by atoms with van der Waals surface area (Å²) in [5.41, 5.74) is 1.20. The van der Waals surface area contributed by atoms with Crippen LogP contribution in [-0.2, 0) is 10.0 Å². The van der Waals surface area contributed by atoms with Crippen LogP contribution in [0.5, 0.6) is 5.75 Å². The molecule has 1 aliphatic carbocycles. The Morgan fingerprint density at radius 1 is 1.18 bits per heavy atom. The summed E-state index contributed by atoms with van der Waals surface area (Å²) >= 11 is 0. The largest absolute Gasteiger partial charge is 0.432 e. The minimum Gasteiger partial charge on any atom is -0.432 e. The lowest BCUT2D eigenvalue weighted by atomic mass is 9.92. The monoisotopic (exact) mass is 507 g/mol. The van der Waals surface area contributed by atoms with Gasteiger partial charge in [0.25, 0.3) is 0 Å². The SMILES string of the molecule is C[C@H](NS(=O)(=O)c1ccc(-c2cc3cc(F)c(OC(F)F)cc3n2C2CCC2)nc1)C(F)(F)F. The highest BCUT2D eigenvalue weighted by atomic mass is 32.2. The van der Waals surface area contributed by atoms with Gasteiger partial charge in [-0.3, -0.25) is 4.98 Å². The minimum atomic E-state index is -4.76. The molecule has 0 bridgehead atoms. The summed E-state index contributed by atoms with van der Waals surface area (Å²) in [6.45, 7) is -2.52. The number of fused-ring (bicyclic) bond motifs is 1. The summed E-state index contributed by atoms with van der Waals surface area (Å²) < 4.78 is 110. The number of pyridine rings is 1. The molecule has 1 aliphatic rings. The van der Waals surface area contributed by atoms with Gasteiger partial charge in [0.2, 0.25) is 10.0 Å². The van der Waals surface area contributed by atoms with E-state index in [1.54, 1.807) is 15.4 Å². The van der Waals surface area contributed by atoms with Crippen LogP contribution in [0.25, 0.3) is 22.3 Å². The highest BCUT2D eigenvalue weighted by molar-refractivity contribution is 7.89. The number of rotatable bonds is 7. The molecule has 1 aromatic carbocycles. The van der Waals surface area contributed by atoms with Crippen molar-refractivity contribution in [3.8, 4) is 17.1 Å². The molecule has 0 spiro atoms. The van der Waals surface area contributed by atoms with Gasteiger partial charge in [0, 0.05) is 23.7 Å². The third-order valence-corrected chi connectivity index (χ3v) is 7.21. The molecule has 0 unspecified atom stereocenters. The molecule has 184 valence electrons. The van der Waals surface area contributed by atoms with Crippen molar-refractivity contribution >= 4 is 20.9 Å². The molecule has 6 nitrogen and oxygen atoms in total. The molecule has 1 fully saturated rings. The first-order chi connectivity index (χ1) is 15.9. The normalized spacial score (nSPS) is 16.1. The van der Waals surface area contributed by atoms with Gasteiger partial charge in [0.05, 0.1) is 16.9 Å². The van der Waals surface area contributed by atoms with E-state index >= 15 is 0 Å². The van der Waals surface area contributed by atoms with Crippen molar-refractivity contribution in [3.63, 3.8) is 0 Å². The summed E-state index contributed by atoms with van der Waals surface area (Å²) in [4.78, 5) is 3.65. The molecule has 0 radical (unpaired) electrons. The highest BCUT2D eigenvalue weighted by Gasteiger charge is 2.39. The van der Waals surface area contributed by atoms with E-state index in [1.165, 1.54) is 12.1 Å². The van der Waals surface area contributed by atoms with E-state index in [2.05, 4.69) is 9.72 Å². The van der Waals surface area contributed by atoms with Gasteiger partial charge in [-0.05, 0) is 50.5 Å². The van der Waals surface area contributed by atoms with Gasteiger partial charge < -0.3 is 9.30 Å². The average Bonchev–Trinajstić information content (AvgIpc) is 3.03. The van der Waals surface area contributed by atoms with Gasteiger partial charge in [-0.15, -0.1) is 0 Å². The predicted octanol–water partition coefficient (Wildman–Crippen LogP) is 5.40. The average molecular weight is 507 g/mol. The quantitative estimate of drug-likeness (QED) is 0.435. The zero-order chi connectivity index (χ0) is 24.8. The smallest absolute Gasteiger partial charge is 0.404 e. The number of nitrogens with zero attached hydrogens (tertiary/aromatic N) is 2. The Labute approximate surface area is 190 Å². The number of ether oxygens (including phenoxy) is 1. The van der Waals surface area contributed by atoms with Crippen LogP contribution >= 0.6 is 0 Å². The molecule has 1 N–H and O–H groups in total. The third-order valence-electron chi connectivity index (χ3n) is 5.68. The predicted molar refractivity (Wildman–Crippen MR) is 110 cm³/mol. The molecule has 3 aromatic rings. The lowest BCUT2D eigenvalue weighted by molar-refractivity contribution is -0.147. The first-order valence-electron chi connectivity index (χ1n) is 10.2. The number of halogens is 6. The van der Waals surface area contributed by atoms with Gasteiger partial charge in [-0.25, -0.2) is 12.8 Å². The number of alkyl halides is 5. The minimum absolute atomic E-state index is 0.0168. The van der Waals surface area contributed by atoms with E-state index < -0.39 is 45.3 Å². The lowest BCUT2D eigenvalue weighted by Crippen LogP contribution is -2.42. The summed E-state index contributed by atoms with van der Waals surface area (Å²) in [6.07, 6.45) is -1.34. The Balaban J connectivity index is 1.73. The molecule has 1 atom stereocenters. The van der Waals surface area contributed by atoms with E-state index in [0.717, 1.165) is 37.6 Å². The van der Waals surface area contributed by atoms with Crippen LogP contribution in [0.15, 0.2) is 41.4 Å². The number of nitrogens with one attached hydrogen (secondary N) is 1. The van der Waals surface area contributed by atoms with Crippen LogP contribution in [0, 0.1) is 5.82 Å². The van der Waals surface area contributed by atoms with Gasteiger partial charge in [-0.2, -0.15) is 26.7 Å². The fraction of sp³-hybridized carbons (Fsp3) is 0.381. The number of benzene rings is 1. The molecule has 0 aliphatic heterocycles. The number of sulfonamides is 1. The van der Waals surface area contributed by atoms with Crippen molar-refractivity contribution in [3.05, 3.63) is 42.3 Å². The summed E-state index contributed by atoms with van der Waals surface area (Å²) in [5.74, 6) is -1.57. The lowest BCUT2D eigenvalue weighted by Gasteiger charge is -2.30. The number of aromatic nitrogens is 2. The molecule has 4 rings (SSSR count). The molecule has 0 amide bonds. The molecule has 13 heteroatoms. The first-order valence-corrected chi connectivity index (χ1v) is 11.7. The van der Waals surface area contributed by atoms with Gasteiger partial charge >= 0.3 is 12.8 Å². The molecular formula is C21H19F6N3O3S. The fourth-order valence-corrected chi connectivity index (χ4v) is 4.88. The van der Waals surface area contributed by atoms with Crippen LogP contribution in [0.4, 0.5) is 26.3 Å².